The van der Waals surface area contributed by atoms with Gasteiger partial charge in [-0.25, -0.2) is 0 Å². The van der Waals surface area contributed by atoms with Gasteiger partial charge in [-0.15, -0.1) is 0 Å². The van der Waals surface area contributed by atoms with E-state index in [2.05, 4.69) is 32.9 Å². The molecule has 5 N–H and O–H groups in total. The average molecular weight is 489 g/mol. The van der Waals surface area contributed by atoms with E-state index in [-0.39, 0.29) is 41.6 Å². The Morgan fingerprint density at radius 1 is 0.943 bits per heavy atom. The molecule has 5 aliphatic carbocycles. The molecule has 0 heterocycles. The van der Waals surface area contributed by atoms with Crippen molar-refractivity contribution >= 4 is 0 Å². The van der Waals surface area contributed by atoms with Crippen molar-refractivity contribution in [3.05, 3.63) is 23.3 Å². The Hall–Kier alpha value is -0.720. The molecule has 5 heteroatoms. The topological polar surface area (TPSA) is 101 Å². The van der Waals surface area contributed by atoms with E-state index in [1.807, 2.05) is 20.8 Å². The van der Waals surface area contributed by atoms with Gasteiger partial charge in [0, 0.05) is 23.2 Å². The van der Waals surface area contributed by atoms with Crippen LogP contribution in [0.4, 0.5) is 0 Å². The molecule has 0 bridgehead atoms. The van der Waals surface area contributed by atoms with Crippen LogP contribution < -0.4 is 0 Å². The average Bonchev–Trinajstić information content (AvgIpc) is 3.29. The predicted octanol–water partition coefficient (Wildman–Crippen LogP) is 3.97. The largest absolute Gasteiger partial charge is 0.396 e. The van der Waals surface area contributed by atoms with E-state index in [4.69, 9.17) is 0 Å². The van der Waals surface area contributed by atoms with Crippen molar-refractivity contribution in [2.24, 2.45) is 45.3 Å². The Labute approximate surface area is 211 Å². The lowest BCUT2D eigenvalue weighted by Crippen LogP contribution is -2.62. The first-order valence-corrected chi connectivity index (χ1v) is 14.0. The molecule has 0 radical (unpaired) electrons. The number of fused-ring (bicyclic) bond motifs is 5. The predicted molar refractivity (Wildman–Crippen MR) is 136 cm³/mol. The maximum absolute atomic E-state index is 11.4. The Morgan fingerprint density at radius 3 is 2.23 bits per heavy atom. The monoisotopic (exact) mass is 488 g/mol. The lowest BCUT2D eigenvalue weighted by Gasteiger charge is -2.62. The van der Waals surface area contributed by atoms with Crippen molar-refractivity contribution in [3.63, 3.8) is 0 Å². The molecule has 5 aliphatic rings. The molecule has 5 nitrogen and oxygen atoms in total. The highest BCUT2D eigenvalue weighted by atomic mass is 16.3. The van der Waals surface area contributed by atoms with Crippen LogP contribution in [-0.4, -0.2) is 56.1 Å². The van der Waals surface area contributed by atoms with Crippen LogP contribution in [0.25, 0.3) is 0 Å². The maximum Gasteiger partial charge on any atom is 0.0661 e. The number of hydrogen-bond donors (Lipinski definition) is 5. The third-order valence-corrected chi connectivity index (χ3v) is 12.6. The van der Waals surface area contributed by atoms with Crippen molar-refractivity contribution in [2.75, 3.05) is 6.61 Å². The van der Waals surface area contributed by atoms with Gasteiger partial charge in [0.05, 0.1) is 30.5 Å². The molecule has 11 atom stereocenters. The fourth-order valence-corrected chi connectivity index (χ4v) is 9.96. The van der Waals surface area contributed by atoms with Crippen LogP contribution in [0.5, 0.6) is 0 Å². The molecule has 3 fully saturated rings. The van der Waals surface area contributed by atoms with E-state index in [1.54, 1.807) is 0 Å². The first-order valence-electron chi connectivity index (χ1n) is 14.0. The third kappa shape index (κ3) is 3.17. The van der Waals surface area contributed by atoms with Crippen LogP contribution >= 0.6 is 0 Å². The van der Waals surface area contributed by atoms with Crippen LogP contribution in [0.1, 0.15) is 86.5 Å². The molecule has 3 saturated carbocycles. The Kier molecular flexibility index (Phi) is 5.84. The first-order chi connectivity index (χ1) is 16.2. The number of aliphatic hydroxyl groups is 5. The van der Waals surface area contributed by atoms with E-state index >= 15 is 0 Å². The van der Waals surface area contributed by atoms with Gasteiger partial charge in [-0.2, -0.15) is 0 Å². The number of rotatable bonds is 3. The quantitative estimate of drug-likeness (QED) is 0.414. The highest BCUT2D eigenvalue weighted by molar-refractivity contribution is 5.50. The molecule has 0 saturated heterocycles. The minimum Gasteiger partial charge on any atom is -0.396 e. The lowest BCUT2D eigenvalue weighted by molar-refractivity contribution is -0.168. The van der Waals surface area contributed by atoms with Crippen molar-refractivity contribution in [1.82, 2.24) is 0 Å². The standard InChI is InChI=1S/C30H48O5/c1-26(2,35)21-8-7-17(25(21)34)18-11-13-29(5)19-9-10-22-27(3,16-31)23(32)15-24(33)30(22,6)20(19)12-14-28(18,29)4/h9,12,17-18,21-25,31-35H,7-8,10-11,13-16H2,1-6H3/t17-,18-,21+,22+,23+,24+,25+,27+,28-,29+,30-/m1/s1. The maximum atomic E-state index is 11.4. The molecule has 0 amide bonds. The zero-order chi connectivity index (χ0) is 25.8. The van der Waals surface area contributed by atoms with Gasteiger partial charge in [-0.1, -0.05) is 39.8 Å². The summed E-state index contributed by atoms with van der Waals surface area (Å²) in [6.45, 7) is 12.5. The molecule has 0 aromatic carbocycles. The molecule has 0 unspecified atom stereocenters. The Balaban J connectivity index is 1.53. The molecule has 198 valence electrons. The highest BCUT2D eigenvalue weighted by Gasteiger charge is 2.66. The first kappa shape index (κ1) is 25.9. The van der Waals surface area contributed by atoms with Crippen molar-refractivity contribution < 1.29 is 25.5 Å². The minimum atomic E-state index is -0.868. The highest BCUT2D eigenvalue weighted by Crippen LogP contribution is 2.72. The summed E-state index contributed by atoms with van der Waals surface area (Å²) in [7, 11) is 0. The van der Waals surface area contributed by atoms with E-state index in [1.165, 1.54) is 11.1 Å². The number of allylic oxidation sites excluding steroid dienone is 3. The second-order valence-electron chi connectivity index (χ2n) is 14.3. The van der Waals surface area contributed by atoms with Gasteiger partial charge in [0.25, 0.3) is 0 Å². The van der Waals surface area contributed by atoms with Gasteiger partial charge in [0.2, 0.25) is 0 Å². The number of hydrogen-bond acceptors (Lipinski definition) is 5. The summed E-state index contributed by atoms with van der Waals surface area (Å²) in [4.78, 5) is 0. The fourth-order valence-electron chi connectivity index (χ4n) is 9.96. The Morgan fingerprint density at radius 2 is 1.63 bits per heavy atom. The molecular formula is C30H48O5. The SMILES string of the molecule is CC(C)(O)[C@H]1CC[C@H]([C@H]2CC[C@@]3(C)C4=CC[C@H]5[C@](C)(CO)[C@@H](O)C[C@H](O)[C@]5(C)C4=CC[C@]23C)[C@@H]1O. The van der Waals surface area contributed by atoms with Crippen LogP contribution in [0.15, 0.2) is 23.3 Å². The summed E-state index contributed by atoms with van der Waals surface area (Å²) in [5.74, 6) is 0.489. The van der Waals surface area contributed by atoms with Crippen LogP contribution in [-0.2, 0) is 0 Å². The van der Waals surface area contributed by atoms with E-state index in [0.29, 0.717) is 5.92 Å². The van der Waals surface area contributed by atoms with E-state index in [9.17, 15) is 25.5 Å². The van der Waals surface area contributed by atoms with Gasteiger partial charge in [-0.3, -0.25) is 0 Å². The van der Waals surface area contributed by atoms with Gasteiger partial charge in [-0.05, 0) is 92.1 Å². The second kappa shape index (κ2) is 7.89. The minimum absolute atomic E-state index is 0.00504. The van der Waals surface area contributed by atoms with Gasteiger partial charge < -0.3 is 25.5 Å². The Bertz CT molecular complexity index is 934. The summed E-state index contributed by atoms with van der Waals surface area (Å²) in [5.41, 5.74) is 0.537. The summed E-state index contributed by atoms with van der Waals surface area (Å²) in [6, 6.07) is 0. The molecular weight excluding hydrogens is 440 g/mol. The smallest absolute Gasteiger partial charge is 0.0661 e. The van der Waals surface area contributed by atoms with Gasteiger partial charge in [0.1, 0.15) is 0 Å². The van der Waals surface area contributed by atoms with Crippen LogP contribution in [0.2, 0.25) is 0 Å². The fraction of sp³-hybridized carbons (Fsp3) is 0.867. The van der Waals surface area contributed by atoms with Crippen molar-refractivity contribution in [3.8, 4) is 0 Å². The molecule has 35 heavy (non-hydrogen) atoms. The van der Waals surface area contributed by atoms with Gasteiger partial charge >= 0.3 is 0 Å². The molecule has 0 aromatic heterocycles. The lowest BCUT2D eigenvalue weighted by atomic mass is 9.43. The van der Waals surface area contributed by atoms with Crippen molar-refractivity contribution in [2.45, 2.75) is 110 Å². The zero-order valence-corrected chi connectivity index (χ0v) is 22.6. The number of aliphatic hydroxyl groups excluding tert-OH is 4. The summed E-state index contributed by atoms with van der Waals surface area (Å²) in [6.07, 6.45) is 8.80. The summed E-state index contributed by atoms with van der Waals surface area (Å²) >= 11 is 0. The third-order valence-electron chi connectivity index (χ3n) is 12.6. The molecule has 5 rings (SSSR count). The van der Waals surface area contributed by atoms with Gasteiger partial charge in [0.15, 0.2) is 0 Å². The second-order valence-corrected chi connectivity index (χ2v) is 14.3. The van der Waals surface area contributed by atoms with Crippen molar-refractivity contribution in [1.29, 1.82) is 0 Å². The molecule has 0 spiro atoms. The van der Waals surface area contributed by atoms with E-state index in [0.717, 1.165) is 38.5 Å². The summed E-state index contributed by atoms with van der Waals surface area (Å²) in [5, 5.41) is 54.6. The molecule has 0 aliphatic heterocycles. The normalized spacial score (nSPS) is 54.0. The van der Waals surface area contributed by atoms with E-state index < -0.39 is 34.7 Å². The van der Waals surface area contributed by atoms with Crippen LogP contribution in [0, 0.1) is 45.3 Å². The zero-order valence-electron chi connectivity index (χ0n) is 22.6. The molecule has 0 aromatic rings. The summed E-state index contributed by atoms with van der Waals surface area (Å²) < 4.78 is 0. The van der Waals surface area contributed by atoms with Crippen LogP contribution in [0.3, 0.4) is 0 Å².